The van der Waals surface area contributed by atoms with Crippen molar-refractivity contribution in [3.63, 3.8) is 0 Å². The number of benzene rings is 1. The van der Waals surface area contributed by atoms with Crippen LogP contribution in [-0.2, 0) is 4.79 Å². The van der Waals surface area contributed by atoms with Crippen molar-refractivity contribution in [3.05, 3.63) is 34.1 Å². The van der Waals surface area contributed by atoms with Gasteiger partial charge in [-0.05, 0) is 17.7 Å². The number of carbonyl (C=O) groups is 1. The zero-order chi connectivity index (χ0) is 11.9. The van der Waals surface area contributed by atoms with E-state index in [0.29, 0.717) is 10.9 Å². The molecule has 1 aromatic carbocycles. The molecule has 2 N–H and O–H groups in total. The number of likely N-dealkylation sites (N-methyl/N-ethyl adjacent to an activating group) is 1. The van der Waals surface area contributed by atoms with Gasteiger partial charge in [-0.25, -0.2) is 4.39 Å². The molecule has 1 aromatic rings. The minimum Gasteiger partial charge on any atom is -0.337 e. The van der Waals surface area contributed by atoms with E-state index in [1.807, 2.05) is 0 Å². The maximum atomic E-state index is 13.0. The summed E-state index contributed by atoms with van der Waals surface area (Å²) in [5, 5.41) is 0. The van der Waals surface area contributed by atoms with Crippen molar-refractivity contribution in [3.8, 4) is 0 Å². The van der Waals surface area contributed by atoms with E-state index in [9.17, 15) is 9.18 Å². The largest absolute Gasteiger partial charge is 0.337 e. The molecule has 5 heteroatoms. The Kier molecular flexibility index (Phi) is 2.99. The molecule has 1 aliphatic rings. The lowest BCUT2D eigenvalue weighted by molar-refractivity contribution is -0.127. The lowest BCUT2D eigenvalue weighted by atomic mass is 10.0. The molecular formula is C11H12BrFN2O. The third kappa shape index (κ3) is 1.85. The SMILES string of the molecule is CN1C(=O)CC(N)C1c1ccc(F)cc1Br. The van der Waals surface area contributed by atoms with Crippen molar-refractivity contribution >= 4 is 21.8 Å². The van der Waals surface area contributed by atoms with Crippen LogP contribution in [0.3, 0.4) is 0 Å². The lowest BCUT2D eigenvalue weighted by Crippen LogP contribution is -2.30. The van der Waals surface area contributed by atoms with Gasteiger partial charge < -0.3 is 10.6 Å². The molecule has 1 fully saturated rings. The summed E-state index contributed by atoms with van der Waals surface area (Å²) in [5.41, 5.74) is 6.77. The Balaban J connectivity index is 2.40. The predicted octanol–water partition coefficient (Wildman–Crippen LogP) is 1.82. The van der Waals surface area contributed by atoms with Crippen molar-refractivity contribution in [1.29, 1.82) is 0 Å². The molecule has 0 aromatic heterocycles. The van der Waals surface area contributed by atoms with Crippen LogP contribution in [0.5, 0.6) is 0 Å². The molecule has 0 saturated carbocycles. The van der Waals surface area contributed by atoms with E-state index < -0.39 is 0 Å². The predicted molar refractivity (Wildman–Crippen MR) is 62.2 cm³/mol. The summed E-state index contributed by atoms with van der Waals surface area (Å²) < 4.78 is 13.6. The van der Waals surface area contributed by atoms with Gasteiger partial charge in [0.25, 0.3) is 0 Å². The number of amides is 1. The zero-order valence-corrected chi connectivity index (χ0v) is 10.4. The standard InChI is InChI=1S/C11H12BrFN2O/c1-15-10(16)5-9(14)11(15)7-3-2-6(13)4-8(7)12/h2-4,9,11H,5,14H2,1H3. The smallest absolute Gasteiger partial charge is 0.224 e. The normalized spacial score (nSPS) is 25.2. The van der Waals surface area contributed by atoms with E-state index in [1.54, 1.807) is 18.0 Å². The molecule has 1 saturated heterocycles. The van der Waals surface area contributed by atoms with E-state index in [2.05, 4.69) is 15.9 Å². The second kappa shape index (κ2) is 4.14. The van der Waals surface area contributed by atoms with Crippen molar-refractivity contribution in [1.82, 2.24) is 4.90 Å². The lowest BCUT2D eigenvalue weighted by Gasteiger charge is -2.24. The van der Waals surface area contributed by atoms with Crippen LogP contribution in [0.15, 0.2) is 22.7 Å². The molecule has 2 rings (SSSR count). The highest BCUT2D eigenvalue weighted by Gasteiger charge is 2.36. The minimum absolute atomic E-state index is 0.0220. The van der Waals surface area contributed by atoms with E-state index in [1.165, 1.54) is 12.1 Å². The van der Waals surface area contributed by atoms with E-state index >= 15 is 0 Å². The van der Waals surface area contributed by atoms with Crippen LogP contribution in [0.2, 0.25) is 0 Å². The van der Waals surface area contributed by atoms with E-state index in [-0.39, 0.29) is 23.8 Å². The van der Waals surface area contributed by atoms with Crippen LogP contribution in [0, 0.1) is 5.82 Å². The van der Waals surface area contributed by atoms with E-state index in [0.717, 1.165) is 5.56 Å². The van der Waals surface area contributed by atoms with Crippen molar-refractivity contribution in [2.75, 3.05) is 7.05 Å². The van der Waals surface area contributed by atoms with Gasteiger partial charge in [-0.3, -0.25) is 4.79 Å². The Morgan fingerprint density at radius 2 is 2.25 bits per heavy atom. The maximum Gasteiger partial charge on any atom is 0.224 e. The molecule has 16 heavy (non-hydrogen) atoms. The van der Waals surface area contributed by atoms with Crippen LogP contribution < -0.4 is 5.73 Å². The second-order valence-electron chi connectivity index (χ2n) is 3.98. The first-order valence-corrected chi connectivity index (χ1v) is 5.76. The third-order valence-corrected chi connectivity index (χ3v) is 3.59. The fourth-order valence-corrected chi connectivity index (χ4v) is 2.67. The quantitative estimate of drug-likeness (QED) is 0.856. The topological polar surface area (TPSA) is 46.3 Å². The summed E-state index contributed by atoms with van der Waals surface area (Å²) in [6, 6.07) is 4.02. The number of likely N-dealkylation sites (tertiary alicyclic amines) is 1. The van der Waals surface area contributed by atoms with Crippen LogP contribution in [0.4, 0.5) is 4.39 Å². The molecule has 0 spiro atoms. The molecule has 3 nitrogen and oxygen atoms in total. The van der Waals surface area contributed by atoms with Gasteiger partial charge in [0, 0.05) is 24.0 Å². The summed E-state index contributed by atoms with van der Waals surface area (Å²) in [4.78, 5) is 13.1. The van der Waals surface area contributed by atoms with Gasteiger partial charge in [-0.15, -0.1) is 0 Å². The molecular weight excluding hydrogens is 275 g/mol. The Morgan fingerprint density at radius 3 is 2.75 bits per heavy atom. The average molecular weight is 287 g/mol. The van der Waals surface area contributed by atoms with Gasteiger partial charge in [0.15, 0.2) is 0 Å². The van der Waals surface area contributed by atoms with Crippen LogP contribution in [0.1, 0.15) is 18.0 Å². The van der Waals surface area contributed by atoms with Gasteiger partial charge in [-0.1, -0.05) is 22.0 Å². The number of carbonyl (C=O) groups excluding carboxylic acids is 1. The fourth-order valence-electron chi connectivity index (χ4n) is 2.08. The first-order valence-electron chi connectivity index (χ1n) is 4.97. The Labute approximate surface area is 102 Å². The van der Waals surface area contributed by atoms with Gasteiger partial charge in [0.2, 0.25) is 5.91 Å². The summed E-state index contributed by atoms with van der Waals surface area (Å²) in [6.07, 6.45) is 0.338. The number of nitrogens with two attached hydrogens (primary N) is 1. The molecule has 2 atom stereocenters. The number of rotatable bonds is 1. The van der Waals surface area contributed by atoms with Crippen LogP contribution >= 0.6 is 15.9 Å². The highest BCUT2D eigenvalue weighted by Crippen LogP contribution is 2.34. The first-order chi connectivity index (χ1) is 7.50. The van der Waals surface area contributed by atoms with Crippen LogP contribution in [-0.4, -0.2) is 23.9 Å². The Hall–Kier alpha value is -0.940. The number of hydrogen-bond donors (Lipinski definition) is 1. The average Bonchev–Trinajstić information content (AvgIpc) is 2.43. The maximum absolute atomic E-state index is 13.0. The van der Waals surface area contributed by atoms with Crippen LogP contribution in [0.25, 0.3) is 0 Å². The van der Waals surface area contributed by atoms with Crippen molar-refractivity contribution in [2.45, 2.75) is 18.5 Å². The molecule has 1 heterocycles. The van der Waals surface area contributed by atoms with Crippen molar-refractivity contribution < 1.29 is 9.18 Å². The minimum atomic E-state index is -0.309. The third-order valence-electron chi connectivity index (χ3n) is 2.91. The monoisotopic (exact) mass is 286 g/mol. The first kappa shape index (κ1) is 11.5. The van der Waals surface area contributed by atoms with Gasteiger partial charge in [-0.2, -0.15) is 0 Å². The molecule has 0 radical (unpaired) electrons. The zero-order valence-electron chi connectivity index (χ0n) is 8.78. The summed E-state index contributed by atoms with van der Waals surface area (Å²) >= 11 is 3.30. The highest BCUT2D eigenvalue weighted by atomic mass is 79.9. The molecule has 0 aliphatic carbocycles. The molecule has 1 aliphatic heterocycles. The summed E-state index contributed by atoms with van der Waals surface area (Å²) in [6.45, 7) is 0. The highest BCUT2D eigenvalue weighted by molar-refractivity contribution is 9.10. The Morgan fingerprint density at radius 1 is 1.56 bits per heavy atom. The van der Waals surface area contributed by atoms with Crippen molar-refractivity contribution in [2.24, 2.45) is 5.73 Å². The number of nitrogens with zero attached hydrogens (tertiary/aromatic N) is 1. The number of halogens is 2. The number of hydrogen-bond acceptors (Lipinski definition) is 2. The van der Waals surface area contributed by atoms with E-state index in [4.69, 9.17) is 5.73 Å². The van der Waals surface area contributed by atoms with Gasteiger partial charge in [0.1, 0.15) is 5.82 Å². The second-order valence-corrected chi connectivity index (χ2v) is 4.84. The van der Waals surface area contributed by atoms with Gasteiger partial charge in [0.05, 0.1) is 6.04 Å². The van der Waals surface area contributed by atoms with Gasteiger partial charge >= 0.3 is 0 Å². The molecule has 2 unspecified atom stereocenters. The Bertz CT molecular complexity index is 438. The summed E-state index contributed by atoms with van der Waals surface area (Å²) in [7, 11) is 1.72. The summed E-state index contributed by atoms with van der Waals surface area (Å²) in [5.74, 6) is -0.287. The fraction of sp³-hybridized carbons (Fsp3) is 0.364. The molecule has 86 valence electrons. The molecule has 1 amide bonds. The molecule has 0 bridgehead atoms.